The van der Waals surface area contributed by atoms with E-state index in [2.05, 4.69) is 43.8 Å². The Hall–Kier alpha value is -2.06. The molecule has 0 saturated carbocycles. The minimum atomic E-state index is 0.650. The largest absolute Gasteiger partial charge is 0.494 e. The van der Waals surface area contributed by atoms with Gasteiger partial charge < -0.3 is 4.74 Å². The van der Waals surface area contributed by atoms with Gasteiger partial charge in [-0.15, -0.1) is 10.2 Å². The van der Waals surface area contributed by atoms with E-state index in [0.29, 0.717) is 12.4 Å². The molecule has 29 heavy (non-hydrogen) atoms. The SMILES string of the molecule is CCCCSc1nnc(CSc2nc(C)cc(C)n2)n1-c1ccc(OCC)cc1. The Morgan fingerprint density at radius 1 is 0.966 bits per heavy atom. The van der Waals surface area contributed by atoms with E-state index in [1.165, 1.54) is 0 Å². The predicted octanol–water partition coefficient (Wildman–Crippen LogP) is 5.26. The number of rotatable bonds is 10. The van der Waals surface area contributed by atoms with Crippen LogP contribution >= 0.6 is 23.5 Å². The van der Waals surface area contributed by atoms with Crippen molar-refractivity contribution in [1.82, 2.24) is 24.7 Å². The second-order valence-corrected chi connectivity index (χ2v) is 8.59. The lowest BCUT2D eigenvalue weighted by atomic mass is 10.3. The van der Waals surface area contributed by atoms with Gasteiger partial charge in [0.15, 0.2) is 10.3 Å². The number of aryl methyl sites for hydroxylation is 2. The zero-order chi connectivity index (χ0) is 20.6. The van der Waals surface area contributed by atoms with Crippen LogP contribution in [0.5, 0.6) is 5.75 Å². The standard InChI is InChI=1S/C21H27N5OS2/c1-5-7-12-28-21-25-24-19(14-29-20-22-15(3)13-16(4)23-20)26(21)17-8-10-18(11-9-17)27-6-2/h8-11,13H,5-7,12,14H2,1-4H3. The molecule has 8 heteroatoms. The zero-order valence-electron chi connectivity index (χ0n) is 17.4. The van der Waals surface area contributed by atoms with E-state index < -0.39 is 0 Å². The maximum atomic E-state index is 5.58. The van der Waals surface area contributed by atoms with Crippen LogP contribution in [0, 0.1) is 13.8 Å². The number of thioether (sulfide) groups is 2. The number of benzene rings is 1. The molecule has 0 amide bonds. The molecule has 3 aromatic rings. The number of hydrogen-bond donors (Lipinski definition) is 0. The summed E-state index contributed by atoms with van der Waals surface area (Å²) in [6, 6.07) is 10.1. The molecule has 0 aliphatic heterocycles. The average Bonchev–Trinajstić information content (AvgIpc) is 3.09. The van der Waals surface area contributed by atoms with Gasteiger partial charge in [0, 0.05) is 22.8 Å². The van der Waals surface area contributed by atoms with Crippen LogP contribution < -0.4 is 4.74 Å². The molecule has 0 bridgehead atoms. The molecule has 1 aromatic carbocycles. The van der Waals surface area contributed by atoms with E-state index >= 15 is 0 Å². The molecule has 0 saturated heterocycles. The summed E-state index contributed by atoms with van der Waals surface area (Å²) >= 11 is 3.33. The van der Waals surface area contributed by atoms with E-state index in [1.807, 2.05) is 39.0 Å². The first-order chi connectivity index (χ1) is 14.1. The first-order valence-electron chi connectivity index (χ1n) is 9.86. The highest BCUT2D eigenvalue weighted by molar-refractivity contribution is 7.99. The molecule has 3 rings (SSSR count). The fourth-order valence-corrected chi connectivity index (χ4v) is 4.72. The second-order valence-electron chi connectivity index (χ2n) is 6.59. The summed E-state index contributed by atoms with van der Waals surface area (Å²) in [6.45, 7) is 8.82. The molecule has 0 atom stereocenters. The minimum Gasteiger partial charge on any atom is -0.494 e. The van der Waals surface area contributed by atoms with Gasteiger partial charge in [0.2, 0.25) is 0 Å². The van der Waals surface area contributed by atoms with Crippen LogP contribution in [0.2, 0.25) is 0 Å². The maximum absolute atomic E-state index is 5.58. The van der Waals surface area contributed by atoms with Crippen molar-refractivity contribution < 1.29 is 4.74 Å². The van der Waals surface area contributed by atoms with Crippen molar-refractivity contribution in [2.24, 2.45) is 0 Å². The van der Waals surface area contributed by atoms with E-state index in [-0.39, 0.29) is 0 Å². The minimum absolute atomic E-state index is 0.650. The normalized spacial score (nSPS) is 11.0. The van der Waals surface area contributed by atoms with Gasteiger partial charge in [-0.2, -0.15) is 0 Å². The lowest BCUT2D eigenvalue weighted by Crippen LogP contribution is -2.03. The van der Waals surface area contributed by atoms with Crippen LogP contribution in [0.3, 0.4) is 0 Å². The lowest BCUT2D eigenvalue weighted by Gasteiger charge is -2.11. The molecule has 0 aliphatic carbocycles. The average molecular weight is 430 g/mol. The van der Waals surface area contributed by atoms with Crippen molar-refractivity contribution in [2.75, 3.05) is 12.4 Å². The van der Waals surface area contributed by atoms with E-state index in [4.69, 9.17) is 4.74 Å². The summed E-state index contributed by atoms with van der Waals surface area (Å²) in [4.78, 5) is 9.05. The summed E-state index contributed by atoms with van der Waals surface area (Å²) in [7, 11) is 0. The Kier molecular flexibility index (Phi) is 7.94. The fraction of sp³-hybridized carbons (Fsp3) is 0.429. The van der Waals surface area contributed by atoms with Crippen molar-refractivity contribution in [2.45, 2.75) is 56.6 Å². The predicted molar refractivity (Wildman–Crippen MR) is 119 cm³/mol. The summed E-state index contributed by atoms with van der Waals surface area (Å²) in [6.07, 6.45) is 2.32. The van der Waals surface area contributed by atoms with Crippen molar-refractivity contribution in [3.8, 4) is 11.4 Å². The molecule has 2 aromatic heterocycles. The van der Waals surface area contributed by atoms with Crippen molar-refractivity contribution in [3.63, 3.8) is 0 Å². The third kappa shape index (κ3) is 5.96. The molecule has 0 spiro atoms. The Morgan fingerprint density at radius 2 is 1.69 bits per heavy atom. The van der Waals surface area contributed by atoms with Crippen LogP contribution in [0.15, 0.2) is 40.6 Å². The number of aromatic nitrogens is 5. The number of nitrogens with zero attached hydrogens (tertiary/aromatic N) is 5. The highest BCUT2D eigenvalue weighted by Gasteiger charge is 2.15. The van der Waals surface area contributed by atoms with Crippen LogP contribution in [0.4, 0.5) is 0 Å². The second kappa shape index (κ2) is 10.6. The van der Waals surface area contributed by atoms with Gasteiger partial charge in [-0.1, -0.05) is 36.9 Å². The van der Waals surface area contributed by atoms with Crippen molar-refractivity contribution in [1.29, 1.82) is 0 Å². The summed E-state index contributed by atoms with van der Waals surface area (Å²) in [5.74, 6) is 3.43. The number of unbranched alkanes of at least 4 members (excludes halogenated alkanes) is 1. The molecular formula is C21H27N5OS2. The Labute approximate surface area is 180 Å². The first-order valence-corrected chi connectivity index (χ1v) is 11.8. The topological polar surface area (TPSA) is 65.7 Å². The van der Waals surface area contributed by atoms with Gasteiger partial charge in [-0.3, -0.25) is 4.57 Å². The molecular weight excluding hydrogens is 402 g/mol. The fourth-order valence-electron chi connectivity index (χ4n) is 2.80. The highest BCUT2D eigenvalue weighted by Crippen LogP contribution is 2.27. The van der Waals surface area contributed by atoms with Gasteiger partial charge in [0.25, 0.3) is 0 Å². The van der Waals surface area contributed by atoms with Gasteiger partial charge >= 0.3 is 0 Å². The van der Waals surface area contributed by atoms with Crippen LogP contribution in [0.1, 0.15) is 43.9 Å². The monoisotopic (exact) mass is 429 g/mol. The van der Waals surface area contributed by atoms with Gasteiger partial charge in [0.1, 0.15) is 11.6 Å². The Bertz CT molecular complexity index is 907. The summed E-state index contributed by atoms with van der Waals surface area (Å²) < 4.78 is 7.71. The summed E-state index contributed by atoms with van der Waals surface area (Å²) in [5.41, 5.74) is 2.99. The molecule has 0 radical (unpaired) electrons. The third-order valence-electron chi connectivity index (χ3n) is 4.13. The van der Waals surface area contributed by atoms with Gasteiger partial charge in [0.05, 0.1) is 12.4 Å². The van der Waals surface area contributed by atoms with Gasteiger partial charge in [-0.05, 0) is 57.5 Å². The van der Waals surface area contributed by atoms with E-state index in [0.717, 1.165) is 57.6 Å². The molecule has 154 valence electrons. The van der Waals surface area contributed by atoms with Crippen LogP contribution in [-0.4, -0.2) is 37.1 Å². The highest BCUT2D eigenvalue weighted by atomic mass is 32.2. The first kappa shape index (κ1) is 21.6. The Balaban J connectivity index is 1.85. The van der Waals surface area contributed by atoms with Crippen molar-refractivity contribution >= 4 is 23.5 Å². The van der Waals surface area contributed by atoms with E-state index in [1.54, 1.807) is 23.5 Å². The third-order valence-corrected chi connectivity index (χ3v) is 5.99. The Morgan fingerprint density at radius 3 is 2.34 bits per heavy atom. The summed E-state index contributed by atoms with van der Waals surface area (Å²) in [5, 5.41) is 10.6. The molecule has 6 nitrogen and oxygen atoms in total. The molecule has 0 aliphatic rings. The number of ether oxygens (including phenoxy) is 1. The molecule has 0 unspecified atom stereocenters. The smallest absolute Gasteiger partial charge is 0.195 e. The van der Waals surface area contributed by atoms with Crippen LogP contribution in [0.25, 0.3) is 5.69 Å². The van der Waals surface area contributed by atoms with E-state index in [9.17, 15) is 0 Å². The van der Waals surface area contributed by atoms with Crippen LogP contribution in [-0.2, 0) is 5.75 Å². The molecule has 2 heterocycles. The quantitative estimate of drug-likeness (QED) is 0.247. The molecule has 0 N–H and O–H groups in total. The molecule has 0 fully saturated rings. The van der Waals surface area contributed by atoms with Gasteiger partial charge in [-0.25, -0.2) is 9.97 Å². The number of hydrogen-bond acceptors (Lipinski definition) is 7. The maximum Gasteiger partial charge on any atom is 0.195 e. The van der Waals surface area contributed by atoms with Crippen molar-refractivity contribution in [3.05, 3.63) is 47.5 Å². The zero-order valence-corrected chi connectivity index (χ0v) is 19.0. The lowest BCUT2D eigenvalue weighted by molar-refractivity contribution is 0.340.